The molecule has 3 rings (SSSR count). The van der Waals surface area contributed by atoms with Gasteiger partial charge in [0.2, 0.25) is 11.3 Å². The van der Waals surface area contributed by atoms with Crippen LogP contribution in [0.5, 0.6) is 0 Å². The molecule has 0 unspecified atom stereocenters. The lowest BCUT2D eigenvalue weighted by Crippen LogP contribution is -2.44. The van der Waals surface area contributed by atoms with Gasteiger partial charge in [-0.3, -0.25) is 19.2 Å². The number of para-hydroxylation sites is 1. The molecule has 1 atom stereocenters. The van der Waals surface area contributed by atoms with Crippen molar-refractivity contribution in [1.82, 2.24) is 20.0 Å². The summed E-state index contributed by atoms with van der Waals surface area (Å²) in [5.41, 5.74) is 0.565. The molecule has 25 heavy (non-hydrogen) atoms. The summed E-state index contributed by atoms with van der Waals surface area (Å²) in [6, 6.07) is 7.89. The number of hydrogen-bond donors (Lipinski definition) is 1. The zero-order valence-corrected chi connectivity index (χ0v) is 14.8. The van der Waals surface area contributed by atoms with E-state index in [1.165, 1.54) is 31.9 Å². The van der Waals surface area contributed by atoms with Gasteiger partial charge >= 0.3 is 0 Å². The molecule has 2 aromatic rings. The van der Waals surface area contributed by atoms with Crippen molar-refractivity contribution in [3.63, 3.8) is 0 Å². The first kappa shape index (κ1) is 17.6. The van der Waals surface area contributed by atoms with Crippen LogP contribution in [0.3, 0.4) is 0 Å². The standard InChI is InChI=1S/C19H26N4O2/c1-2-15-7-5-6-11-22(15)12-10-20-19(25)14-23-17-9-4-3-8-16(17)18(24)13-21-23/h3-4,8-9,13,15H,2,5-7,10-12,14H2,1H3,(H,20,25)/t15-/m1/s1. The van der Waals surface area contributed by atoms with Crippen molar-refractivity contribution in [2.45, 2.75) is 45.2 Å². The van der Waals surface area contributed by atoms with Gasteiger partial charge in [-0.05, 0) is 37.9 Å². The zero-order chi connectivity index (χ0) is 17.6. The van der Waals surface area contributed by atoms with Crippen LogP contribution in [0.4, 0.5) is 0 Å². The summed E-state index contributed by atoms with van der Waals surface area (Å²) in [6.45, 7) is 5.02. The average molecular weight is 342 g/mol. The van der Waals surface area contributed by atoms with Crippen molar-refractivity contribution in [1.29, 1.82) is 0 Å². The lowest BCUT2D eigenvalue weighted by Gasteiger charge is -2.35. The van der Waals surface area contributed by atoms with E-state index < -0.39 is 0 Å². The third kappa shape index (κ3) is 4.25. The summed E-state index contributed by atoms with van der Waals surface area (Å²) < 4.78 is 1.59. The van der Waals surface area contributed by atoms with Crippen molar-refractivity contribution in [3.05, 3.63) is 40.7 Å². The lowest BCUT2D eigenvalue weighted by atomic mass is 10.0. The van der Waals surface area contributed by atoms with Gasteiger partial charge in [-0.1, -0.05) is 25.5 Å². The molecule has 1 aromatic heterocycles. The number of carbonyl (C=O) groups excluding carboxylic acids is 1. The largest absolute Gasteiger partial charge is 0.353 e. The fraction of sp³-hybridized carbons (Fsp3) is 0.526. The molecule has 1 amide bonds. The van der Waals surface area contributed by atoms with Crippen molar-refractivity contribution < 1.29 is 4.79 Å². The molecule has 0 saturated carbocycles. The van der Waals surface area contributed by atoms with Gasteiger partial charge in [0.15, 0.2) is 0 Å². The van der Waals surface area contributed by atoms with E-state index in [4.69, 9.17) is 0 Å². The third-order valence-electron chi connectivity index (χ3n) is 5.00. The van der Waals surface area contributed by atoms with Crippen LogP contribution in [0.2, 0.25) is 0 Å². The quantitative estimate of drug-likeness (QED) is 0.869. The highest BCUT2D eigenvalue weighted by molar-refractivity contribution is 5.81. The number of likely N-dealkylation sites (tertiary alicyclic amines) is 1. The molecule has 0 bridgehead atoms. The van der Waals surface area contributed by atoms with Crippen LogP contribution in [-0.4, -0.2) is 46.3 Å². The second-order valence-electron chi connectivity index (χ2n) is 6.63. The van der Waals surface area contributed by atoms with Crippen LogP contribution in [-0.2, 0) is 11.3 Å². The van der Waals surface area contributed by atoms with E-state index in [0.29, 0.717) is 23.5 Å². The highest BCUT2D eigenvalue weighted by Gasteiger charge is 2.20. The van der Waals surface area contributed by atoms with Crippen LogP contribution in [0.25, 0.3) is 10.9 Å². The lowest BCUT2D eigenvalue weighted by molar-refractivity contribution is -0.121. The van der Waals surface area contributed by atoms with Gasteiger partial charge < -0.3 is 5.32 Å². The van der Waals surface area contributed by atoms with Gasteiger partial charge in [0.05, 0.1) is 11.7 Å². The highest BCUT2D eigenvalue weighted by atomic mass is 16.2. The Morgan fingerprint density at radius 2 is 2.16 bits per heavy atom. The molecular weight excluding hydrogens is 316 g/mol. The molecule has 0 radical (unpaired) electrons. The first-order chi connectivity index (χ1) is 12.2. The number of fused-ring (bicyclic) bond motifs is 1. The number of nitrogens with one attached hydrogen (secondary N) is 1. The normalized spacial score (nSPS) is 18.4. The molecule has 1 aliphatic heterocycles. The summed E-state index contributed by atoms with van der Waals surface area (Å²) in [7, 11) is 0. The zero-order valence-electron chi connectivity index (χ0n) is 14.8. The summed E-state index contributed by atoms with van der Waals surface area (Å²) >= 11 is 0. The number of benzene rings is 1. The maximum Gasteiger partial charge on any atom is 0.241 e. The van der Waals surface area contributed by atoms with Gasteiger partial charge in [0, 0.05) is 24.5 Å². The van der Waals surface area contributed by atoms with Gasteiger partial charge in [0.1, 0.15) is 6.54 Å². The first-order valence-electron chi connectivity index (χ1n) is 9.14. The number of carbonyl (C=O) groups is 1. The predicted octanol–water partition coefficient (Wildman–Crippen LogP) is 1.78. The number of nitrogens with zero attached hydrogens (tertiary/aromatic N) is 3. The molecule has 1 N–H and O–H groups in total. The first-order valence-corrected chi connectivity index (χ1v) is 9.14. The van der Waals surface area contributed by atoms with E-state index in [2.05, 4.69) is 22.2 Å². The van der Waals surface area contributed by atoms with Crippen LogP contribution in [0.1, 0.15) is 32.6 Å². The Morgan fingerprint density at radius 1 is 1.32 bits per heavy atom. The molecule has 6 nitrogen and oxygen atoms in total. The monoisotopic (exact) mass is 342 g/mol. The van der Waals surface area contributed by atoms with Gasteiger partial charge in [0.25, 0.3) is 0 Å². The molecule has 0 aliphatic carbocycles. The van der Waals surface area contributed by atoms with Crippen molar-refractivity contribution in [2.24, 2.45) is 0 Å². The van der Waals surface area contributed by atoms with E-state index in [9.17, 15) is 9.59 Å². The number of hydrogen-bond acceptors (Lipinski definition) is 4. The second-order valence-corrected chi connectivity index (χ2v) is 6.63. The summed E-state index contributed by atoms with van der Waals surface area (Å²) in [5, 5.41) is 7.67. The maximum atomic E-state index is 12.3. The van der Waals surface area contributed by atoms with Crippen molar-refractivity contribution >= 4 is 16.8 Å². The maximum absolute atomic E-state index is 12.3. The fourth-order valence-electron chi connectivity index (χ4n) is 3.63. The number of aromatic nitrogens is 2. The molecule has 134 valence electrons. The molecule has 1 aromatic carbocycles. The van der Waals surface area contributed by atoms with E-state index in [0.717, 1.165) is 13.1 Å². The second kappa shape index (κ2) is 8.25. The predicted molar refractivity (Wildman–Crippen MR) is 98.5 cm³/mol. The van der Waals surface area contributed by atoms with E-state index >= 15 is 0 Å². The number of rotatable bonds is 6. The van der Waals surface area contributed by atoms with Gasteiger partial charge in [-0.15, -0.1) is 0 Å². The van der Waals surface area contributed by atoms with Crippen LogP contribution < -0.4 is 10.7 Å². The topological polar surface area (TPSA) is 67.2 Å². The molecular formula is C19H26N4O2. The molecule has 0 spiro atoms. The summed E-state index contributed by atoms with van der Waals surface area (Å²) in [5.74, 6) is -0.0774. The Morgan fingerprint density at radius 3 is 3.00 bits per heavy atom. The summed E-state index contributed by atoms with van der Waals surface area (Å²) in [4.78, 5) is 26.6. The number of amides is 1. The minimum Gasteiger partial charge on any atom is -0.353 e. The molecule has 2 heterocycles. The molecule has 6 heteroatoms. The molecule has 1 saturated heterocycles. The van der Waals surface area contributed by atoms with E-state index in [-0.39, 0.29) is 17.9 Å². The van der Waals surface area contributed by atoms with Crippen LogP contribution in [0.15, 0.2) is 35.3 Å². The fourth-order valence-corrected chi connectivity index (χ4v) is 3.63. The van der Waals surface area contributed by atoms with Crippen molar-refractivity contribution in [2.75, 3.05) is 19.6 Å². The van der Waals surface area contributed by atoms with Gasteiger partial charge in [-0.2, -0.15) is 5.10 Å². The molecule has 1 aliphatic rings. The van der Waals surface area contributed by atoms with E-state index in [1.807, 2.05) is 18.2 Å². The van der Waals surface area contributed by atoms with E-state index in [1.54, 1.807) is 10.7 Å². The Labute approximate surface area is 147 Å². The van der Waals surface area contributed by atoms with Crippen LogP contribution >= 0.6 is 0 Å². The average Bonchev–Trinajstić information content (AvgIpc) is 2.65. The highest BCUT2D eigenvalue weighted by Crippen LogP contribution is 2.18. The Balaban J connectivity index is 1.56. The van der Waals surface area contributed by atoms with Crippen LogP contribution in [0, 0.1) is 0 Å². The Hall–Kier alpha value is -2.21. The minimum atomic E-state index is -0.122. The Bertz CT molecular complexity index is 786. The minimum absolute atomic E-state index is 0.0774. The van der Waals surface area contributed by atoms with Crippen molar-refractivity contribution in [3.8, 4) is 0 Å². The SMILES string of the molecule is CC[C@@H]1CCCCN1CCNC(=O)Cn1ncc(=O)c2ccccc21. The Kier molecular flexibility index (Phi) is 5.81. The summed E-state index contributed by atoms with van der Waals surface area (Å²) in [6.07, 6.45) is 6.26. The number of piperidine rings is 1. The third-order valence-corrected chi connectivity index (χ3v) is 5.00. The smallest absolute Gasteiger partial charge is 0.241 e. The van der Waals surface area contributed by atoms with Gasteiger partial charge in [-0.25, -0.2) is 0 Å². The molecule has 1 fully saturated rings.